The second-order valence-electron chi connectivity index (χ2n) is 10.4. The third kappa shape index (κ3) is 9.53. The van der Waals surface area contributed by atoms with Gasteiger partial charge in [-0.05, 0) is 38.1 Å². The highest BCUT2D eigenvalue weighted by Crippen LogP contribution is 2.41. The fraction of sp³-hybridized carbons (Fsp3) is 0.243. The molecule has 240 valence electrons. The molecule has 9 heteroatoms. The molecule has 0 spiro atoms. The molecule has 0 saturated carbocycles. The molecule has 0 heterocycles. The maximum absolute atomic E-state index is 12.4. The molecular weight excluding hydrogens is 588 g/mol. The fourth-order valence-electron chi connectivity index (χ4n) is 4.22. The van der Waals surface area contributed by atoms with E-state index in [1.807, 2.05) is 84.9 Å². The van der Waals surface area contributed by atoms with E-state index in [0.717, 1.165) is 5.39 Å². The first-order valence-electron chi connectivity index (χ1n) is 14.7. The molecule has 4 aromatic carbocycles. The molecule has 0 N–H and O–H groups in total. The van der Waals surface area contributed by atoms with Crippen LogP contribution < -0.4 is 23.7 Å². The zero-order chi connectivity index (χ0) is 32.9. The third-order valence-electron chi connectivity index (χ3n) is 6.58. The zero-order valence-corrected chi connectivity index (χ0v) is 26.2. The average molecular weight is 627 g/mol. The van der Waals surface area contributed by atoms with Crippen LogP contribution in [0.3, 0.4) is 0 Å². The van der Waals surface area contributed by atoms with Crippen molar-refractivity contribution >= 4 is 22.7 Å². The predicted octanol–water partition coefficient (Wildman–Crippen LogP) is 6.74. The number of carbonyl (C=O) groups is 2. The Labute approximate surface area is 268 Å². The number of para-hydroxylation sites is 2. The summed E-state index contributed by atoms with van der Waals surface area (Å²) in [6, 6.07) is 27.6. The van der Waals surface area contributed by atoms with Crippen molar-refractivity contribution in [2.24, 2.45) is 0 Å². The van der Waals surface area contributed by atoms with E-state index in [1.165, 1.54) is 7.11 Å². The second kappa shape index (κ2) is 16.6. The second-order valence-corrected chi connectivity index (χ2v) is 10.4. The van der Waals surface area contributed by atoms with Gasteiger partial charge in [0.2, 0.25) is 0 Å². The van der Waals surface area contributed by atoms with E-state index < -0.39 is 24.1 Å². The third-order valence-corrected chi connectivity index (χ3v) is 6.58. The van der Waals surface area contributed by atoms with E-state index in [-0.39, 0.29) is 37.6 Å². The molecule has 0 aliphatic carbocycles. The van der Waals surface area contributed by atoms with Crippen LogP contribution in [-0.2, 0) is 19.1 Å². The summed E-state index contributed by atoms with van der Waals surface area (Å²) < 4.78 is 41.1. The number of benzene rings is 4. The van der Waals surface area contributed by atoms with Gasteiger partial charge in [-0.3, -0.25) is 0 Å². The Morgan fingerprint density at radius 1 is 0.587 bits per heavy atom. The Kier molecular flexibility index (Phi) is 12.1. The van der Waals surface area contributed by atoms with Gasteiger partial charge in [0.15, 0.2) is 23.7 Å². The smallest absolute Gasteiger partial charge is 0.333 e. The van der Waals surface area contributed by atoms with Crippen molar-refractivity contribution in [1.82, 2.24) is 0 Å². The topological polar surface area (TPSA) is 98.8 Å². The van der Waals surface area contributed by atoms with Crippen molar-refractivity contribution in [3.8, 4) is 28.7 Å². The number of fused-ring (bicyclic) bond motifs is 1. The van der Waals surface area contributed by atoms with Crippen molar-refractivity contribution in [1.29, 1.82) is 0 Å². The van der Waals surface area contributed by atoms with Crippen LogP contribution in [0.4, 0.5) is 0 Å². The highest BCUT2D eigenvalue weighted by Gasteiger charge is 2.23. The van der Waals surface area contributed by atoms with Crippen LogP contribution in [0, 0.1) is 0 Å². The molecule has 2 atom stereocenters. The molecular formula is C37H38O9. The van der Waals surface area contributed by atoms with E-state index in [2.05, 4.69) is 13.2 Å². The van der Waals surface area contributed by atoms with Crippen LogP contribution in [0.25, 0.3) is 10.8 Å². The molecule has 46 heavy (non-hydrogen) atoms. The highest BCUT2D eigenvalue weighted by molar-refractivity contribution is 5.95. The number of hydrogen-bond donors (Lipinski definition) is 0. The Bertz CT molecular complexity index is 1630. The summed E-state index contributed by atoms with van der Waals surface area (Å²) in [6.07, 6.45) is -1.49. The monoisotopic (exact) mass is 626 g/mol. The molecule has 9 nitrogen and oxygen atoms in total. The SMILES string of the molecule is C=C(C)C(=O)OC(COc1ccccc1)COc1cc(OC)c(OCC(COc2ccccc2)OC(=O)C(=C)C)c2ccccc12. The largest absolute Gasteiger partial charge is 0.493 e. The number of hydrogen-bond acceptors (Lipinski definition) is 9. The van der Waals surface area contributed by atoms with Crippen molar-refractivity contribution in [3.05, 3.63) is 115 Å². The molecule has 0 radical (unpaired) electrons. The van der Waals surface area contributed by atoms with Crippen LogP contribution in [0.15, 0.2) is 115 Å². The Morgan fingerprint density at radius 2 is 1.02 bits per heavy atom. The molecule has 2 unspecified atom stereocenters. The Balaban J connectivity index is 1.54. The van der Waals surface area contributed by atoms with Gasteiger partial charge in [-0.15, -0.1) is 0 Å². The van der Waals surface area contributed by atoms with Gasteiger partial charge in [-0.25, -0.2) is 9.59 Å². The van der Waals surface area contributed by atoms with Gasteiger partial charge in [-0.1, -0.05) is 73.8 Å². The van der Waals surface area contributed by atoms with Gasteiger partial charge in [0.25, 0.3) is 0 Å². The number of carbonyl (C=O) groups excluding carboxylic acids is 2. The summed E-state index contributed by atoms with van der Waals surface area (Å²) in [5, 5.41) is 1.42. The van der Waals surface area contributed by atoms with Crippen LogP contribution >= 0.6 is 0 Å². The van der Waals surface area contributed by atoms with E-state index in [9.17, 15) is 9.59 Å². The minimum atomic E-state index is -0.753. The van der Waals surface area contributed by atoms with E-state index in [4.69, 9.17) is 33.2 Å². The normalized spacial score (nSPS) is 11.9. The average Bonchev–Trinajstić information content (AvgIpc) is 3.07. The summed E-state index contributed by atoms with van der Waals surface area (Å²) >= 11 is 0. The van der Waals surface area contributed by atoms with Gasteiger partial charge in [0.05, 0.1) is 7.11 Å². The van der Waals surface area contributed by atoms with Crippen LogP contribution in [-0.4, -0.2) is 57.7 Å². The van der Waals surface area contributed by atoms with E-state index in [0.29, 0.717) is 34.1 Å². The summed E-state index contributed by atoms with van der Waals surface area (Å²) in [5.74, 6) is 1.46. The maximum atomic E-state index is 12.4. The van der Waals surface area contributed by atoms with Gasteiger partial charge in [-0.2, -0.15) is 0 Å². The first-order valence-corrected chi connectivity index (χ1v) is 14.7. The van der Waals surface area contributed by atoms with Crippen molar-refractivity contribution < 1.29 is 42.7 Å². The van der Waals surface area contributed by atoms with E-state index >= 15 is 0 Å². The van der Waals surface area contributed by atoms with Gasteiger partial charge < -0.3 is 33.2 Å². The first-order chi connectivity index (χ1) is 22.2. The molecule has 0 aromatic heterocycles. The maximum Gasteiger partial charge on any atom is 0.333 e. The predicted molar refractivity (Wildman–Crippen MR) is 175 cm³/mol. The molecule has 4 rings (SSSR count). The number of esters is 2. The van der Waals surface area contributed by atoms with Gasteiger partial charge >= 0.3 is 11.9 Å². The van der Waals surface area contributed by atoms with Gasteiger partial charge in [0.1, 0.15) is 43.7 Å². The lowest BCUT2D eigenvalue weighted by atomic mass is 10.1. The van der Waals surface area contributed by atoms with Gasteiger partial charge in [0, 0.05) is 28.0 Å². The molecule has 0 saturated heterocycles. The summed E-state index contributed by atoms with van der Waals surface area (Å²) in [7, 11) is 1.52. The lowest BCUT2D eigenvalue weighted by molar-refractivity contribution is -0.148. The quantitative estimate of drug-likeness (QED) is 0.0932. The summed E-state index contributed by atoms with van der Waals surface area (Å²) in [6.45, 7) is 10.6. The fourth-order valence-corrected chi connectivity index (χ4v) is 4.22. The lowest BCUT2D eigenvalue weighted by Crippen LogP contribution is -2.31. The van der Waals surface area contributed by atoms with E-state index in [1.54, 1.807) is 19.9 Å². The molecule has 0 aliphatic heterocycles. The Hall–Kier alpha value is -5.44. The highest BCUT2D eigenvalue weighted by atomic mass is 16.6. The lowest BCUT2D eigenvalue weighted by Gasteiger charge is -2.22. The summed E-state index contributed by atoms with van der Waals surface area (Å²) in [5.41, 5.74) is 0.524. The molecule has 4 aromatic rings. The molecule has 0 fully saturated rings. The summed E-state index contributed by atoms with van der Waals surface area (Å²) in [4.78, 5) is 24.8. The van der Waals surface area contributed by atoms with Crippen LogP contribution in [0.5, 0.6) is 28.7 Å². The standard InChI is InChI=1S/C37H38O9/c1-25(2)36(38)45-29(21-41-27-14-8-6-9-15-27)23-43-33-20-34(40-5)35(32-19-13-12-18-31(32)33)44-24-30(46-37(39)26(3)4)22-42-28-16-10-7-11-17-28/h6-20,29-30H,1,3,21-24H2,2,4-5H3. The number of rotatable bonds is 17. The number of methoxy groups -OCH3 is 1. The van der Waals surface area contributed by atoms with Crippen molar-refractivity contribution in [2.75, 3.05) is 33.5 Å². The number of ether oxygens (including phenoxy) is 7. The molecule has 0 amide bonds. The van der Waals surface area contributed by atoms with Crippen molar-refractivity contribution in [2.45, 2.75) is 26.1 Å². The molecule has 0 bridgehead atoms. The van der Waals surface area contributed by atoms with Crippen LogP contribution in [0.1, 0.15) is 13.8 Å². The molecule has 0 aliphatic rings. The first kappa shape index (κ1) is 33.5. The minimum absolute atomic E-state index is 0.00500. The van der Waals surface area contributed by atoms with Crippen molar-refractivity contribution in [3.63, 3.8) is 0 Å². The Morgan fingerprint density at radius 3 is 1.50 bits per heavy atom. The van der Waals surface area contributed by atoms with Crippen LogP contribution in [0.2, 0.25) is 0 Å². The zero-order valence-electron chi connectivity index (χ0n) is 26.2. The minimum Gasteiger partial charge on any atom is -0.493 e.